The molecule has 0 bridgehead atoms. The minimum Gasteiger partial charge on any atom is -0.508 e. The van der Waals surface area contributed by atoms with Crippen molar-refractivity contribution < 1.29 is 99.0 Å². The Balaban J connectivity index is 0.000000191. The molecule has 5 aromatic rings. The van der Waals surface area contributed by atoms with Gasteiger partial charge in [0.15, 0.2) is 52.7 Å². The zero-order valence-electron chi connectivity index (χ0n) is 37.3. The van der Waals surface area contributed by atoms with Crippen LogP contribution in [0.15, 0.2) is 60.7 Å². The van der Waals surface area contributed by atoms with Crippen LogP contribution < -0.4 is 15.2 Å². The van der Waals surface area contributed by atoms with Crippen molar-refractivity contribution in [2.75, 3.05) is 7.11 Å². The van der Waals surface area contributed by atoms with E-state index in [4.69, 9.17) is 29.4 Å². The highest BCUT2D eigenvalue weighted by Gasteiger charge is 2.49. The summed E-state index contributed by atoms with van der Waals surface area (Å²) >= 11 is 0. The molecule has 5 aromatic carbocycles. The van der Waals surface area contributed by atoms with Crippen LogP contribution in [0.1, 0.15) is 103 Å². The van der Waals surface area contributed by atoms with Gasteiger partial charge >= 0.3 is 5.97 Å². The molecule has 9 rings (SSSR count). The van der Waals surface area contributed by atoms with E-state index in [1.54, 1.807) is 6.92 Å². The van der Waals surface area contributed by atoms with Gasteiger partial charge in [0, 0.05) is 71.7 Å². The number of fused-ring (bicyclic) bond motifs is 4. The van der Waals surface area contributed by atoms with E-state index in [0.29, 0.717) is 5.56 Å². The zero-order chi connectivity index (χ0) is 50.8. The summed E-state index contributed by atoms with van der Waals surface area (Å²) in [6.07, 6.45) is -6.66. The second-order valence-corrected chi connectivity index (χ2v) is 17.4. The first-order chi connectivity index (χ1) is 33.0. The Bertz CT molecular complexity index is 2950. The summed E-state index contributed by atoms with van der Waals surface area (Å²) in [6, 6.07) is 11.8. The normalized spacial score (nSPS) is 24.3. The third kappa shape index (κ3) is 8.53. The number of carbonyl (C=O) groups excluding carboxylic acids is 4. The minimum atomic E-state index is -2.00. The topological polar surface area (TPSA) is 363 Å². The highest BCUT2D eigenvalue weighted by Crippen LogP contribution is 2.53. The number of phenols is 9. The molecule has 0 radical (unpaired) electrons. The van der Waals surface area contributed by atoms with Crippen molar-refractivity contribution in [1.29, 1.82) is 0 Å². The summed E-state index contributed by atoms with van der Waals surface area (Å²) in [6.45, 7) is 2.79. The van der Waals surface area contributed by atoms with E-state index in [2.05, 4.69) is 0 Å². The molecule has 4 aliphatic rings. The summed E-state index contributed by atoms with van der Waals surface area (Å²) < 4.78 is 28.4. The van der Waals surface area contributed by atoms with Crippen LogP contribution in [0.4, 0.5) is 0 Å². The fourth-order valence-electron chi connectivity index (χ4n) is 9.14. The average Bonchev–Trinajstić information content (AvgIpc) is 3.30. The first-order valence-electron chi connectivity index (χ1n) is 21.6. The lowest BCUT2D eigenvalue weighted by molar-refractivity contribution is -0.247. The summed E-state index contributed by atoms with van der Waals surface area (Å²) in [7, 11) is 1.34. The molecule has 70 heavy (non-hydrogen) atoms. The van der Waals surface area contributed by atoms with Crippen LogP contribution in [0.25, 0.3) is 0 Å². The number of Topliss-reactive ketones (excluding diaryl/α,β-unsaturated/α-hetero) is 1. The number of aliphatic hydroxyl groups is 2. The number of methoxy groups -OCH3 is 1. The van der Waals surface area contributed by atoms with E-state index in [0.717, 1.165) is 18.2 Å². The van der Waals surface area contributed by atoms with E-state index >= 15 is 0 Å². The standard InChI is InChI=1S/C27H29NO10.C22H18O10/c1-10-22(30)14(28)7-17(37-10)38-16-9-27(35,11(2)29)8-13-19(16)26(34)21-20(24(13)32)23(31)12-5-4-6-15(36-3)18(12)25(21)33;23-11-6-14(25)12-8-19(32-22(30)10-4-16(27)20(29)17(28)5-10)21(31-18(12)7-11)9-1-2-13(24)15(26)3-9/h4-6,10,14,16-17,22,30,32,34-35H,7-9,28H2,1-3H3;1-7,19,21,23-29H,8H2/t10-,14-,16-,17-,22+,27-;19-,21-/m01/s1. The number of nitrogens with two attached hydrogens (primary N) is 1. The fraction of sp³-hybridized carbons (Fsp3) is 0.306. The Morgan fingerprint density at radius 3 is 2.11 bits per heavy atom. The van der Waals surface area contributed by atoms with Gasteiger partial charge < -0.3 is 85.6 Å². The second-order valence-electron chi connectivity index (χ2n) is 17.4. The first-order valence-corrected chi connectivity index (χ1v) is 21.6. The van der Waals surface area contributed by atoms with Crippen LogP contribution in [0.3, 0.4) is 0 Å². The molecule has 0 amide bonds. The van der Waals surface area contributed by atoms with Gasteiger partial charge in [0.25, 0.3) is 0 Å². The van der Waals surface area contributed by atoms with Crippen LogP contribution in [-0.2, 0) is 31.8 Å². The maximum atomic E-state index is 13.6. The van der Waals surface area contributed by atoms with Gasteiger partial charge in [-0.25, -0.2) is 4.79 Å². The van der Waals surface area contributed by atoms with Gasteiger partial charge in [-0.2, -0.15) is 0 Å². The number of ether oxygens (including phenoxy) is 5. The van der Waals surface area contributed by atoms with Crippen LogP contribution in [0, 0.1) is 0 Å². The quantitative estimate of drug-likeness (QED) is 0.0618. The van der Waals surface area contributed by atoms with Gasteiger partial charge in [-0.1, -0.05) is 18.2 Å². The maximum Gasteiger partial charge on any atom is 0.338 e. The molecule has 2 heterocycles. The van der Waals surface area contributed by atoms with Crippen LogP contribution in [0.5, 0.6) is 63.2 Å². The number of aromatic hydroxyl groups is 9. The molecule has 8 atom stereocenters. The Kier molecular flexibility index (Phi) is 12.7. The number of ketones is 3. The van der Waals surface area contributed by atoms with Crippen molar-refractivity contribution in [1.82, 2.24) is 0 Å². The Morgan fingerprint density at radius 2 is 1.47 bits per heavy atom. The number of hydrogen-bond donors (Lipinski definition) is 12. The lowest BCUT2D eigenvalue weighted by Gasteiger charge is -2.42. The molecular weight excluding hydrogens is 923 g/mol. The third-order valence-corrected chi connectivity index (χ3v) is 12.9. The second kappa shape index (κ2) is 18.3. The number of rotatable bonds is 7. The number of phenolic OH excluding ortho intramolecular Hbond substituents is 9. The smallest absolute Gasteiger partial charge is 0.338 e. The van der Waals surface area contributed by atoms with Crippen molar-refractivity contribution in [2.24, 2.45) is 5.73 Å². The molecule has 0 spiro atoms. The molecular formula is C49H47NO20. The number of benzene rings is 5. The molecule has 0 aromatic heterocycles. The summed E-state index contributed by atoms with van der Waals surface area (Å²) in [5.74, 6) is -7.61. The minimum absolute atomic E-state index is 0.0147. The van der Waals surface area contributed by atoms with Gasteiger partial charge in [-0.3, -0.25) is 14.4 Å². The Morgan fingerprint density at radius 1 is 0.786 bits per heavy atom. The summed E-state index contributed by atoms with van der Waals surface area (Å²) in [5.41, 5.74) is 3.30. The van der Waals surface area contributed by atoms with E-state index in [1.165, 1.54) is 56.5 Å². The molecule has 1 fully saturated rings. The molecule has 2 aliphatic heterocycles. The largest absolute Gasteiger partial charge is 0.508 e. The monoisotopic (exact) mass is 969 g/mol. The van der Waals surface area contributed by atoms with E-state index < -0.39 is 124 Å². The van der Waals surface area contributed by atoms with Crippen molar-refractivity contribution >= 4 is 23.3 Å². The number of hydrogen-bond acceptors (Lipinski definition) is 21. The van der Waals surface area contributed by atoms with Gasteiger partial charge in [0.1, 0.15) is 46.2 Å². The Labute approximate surface area is 396 Å². The van der Waals surface area contributed by atoms with Crippen molar-refractivity contribution in [3.63, 3.8) is 0 Å². The average molecular weight is 970 g/mol. The van der Waals surface area contributed by atoms with Gasteiger partial charge in [0.05, 0.1) is 47.7 Å². The predicted molar refractivity (Wildman–Crippen MR) is 238 cm³/mol. The number of esters is 1. The van der Waals surface area contributed by atoms with E-state index in [9.17, 15) is 75.3 Å². The fourth-order valence-corrected chi connectivity index (χ4v) is 9.14. The summed E-state index contributed by atoms with van der Waals surface area (Å²) in [4.78, 5) is 52.3. The summed E-state index contributed by atoms with van der Waals surface area (Å²) in [5, 5.41) is 112. The zero-order valence-corrected chi connectivity index (χ0v) is 37.3. The lowest BCUT2D eigenvalue weighted by atomic mass is 9.72. The molecule has 13 N–H and O–H groups in total. The van der Waals surface area contributed by atoms with Gasteiger partial charge in [-0.15, -0.1) is 0 Å². The van der Waals surface area contributed by atoms with Gasteiger partial charge in [0.2, 0.25) is 5.78 Å². The van der Waals surface area contributed by atoms with Crippen LogP contribution in [0.2, 0.25) is 0 Å². The third-order valence-electron chi connectivity index (χ3n) is 12.9. The Hall–Kier alpha value is -7.82. The number of carbonyl (C=O) groups is 4. The molecule has 0 unspecified atom stereocenters. The molecule has 368 valence electrons. The molecule has 0 saturated carbocycles. The van der Waals surface area contributed by atoms with Crippen molar-refractivity contribution in [3.05, 3.63) is 111 Å². The molecule has 21 nitrogen and oxygen atoms in total. The number of aliphatic hydroxyl groups excluding tert-OH is 1. The highest BCUT2D eigenvalue weighted by molar-refractivity contribution is 6.31. The van der Waals surface area contributed by atoms with Crippen LogP contribution in [-0.4, -0.2) is 123 Å². The molecule has 2 aliphatic carbocycles. The maximum absolute atomic E-state index is 13.6. The first kappa shape index (κ1) is 48.6. The lowest BCUT2D eigenvalue weighted by Crippen LogP contribution is -2.52. The molecule has 1 saturated heterocycles. The predicted octanol–water partition coefficient (Wildman–Crippen LogP) is 3.56. The molecule has 21 heteroatoms. The van der Waals surface area contributed by atoms with E-state index in [1.807, 2.05) is 0 Å². The van der Waals surface area contributed by atoms with Crippen LogP contribution >= 0.6 is 0 Å². The van der Waals surface area contributed by atoms with Crippen molar-refractivity contribution in [2.45, 2.75) is 88.0 Å². The highest BCUT2D eigenvalue weighted by atomic mass is 16.7. The SMILES string of the molecule is COc1cccc2c1C(=O)c1c(O)c3c(c(O)c1C2=O)C[C@@](O)(C(C)=O)C[C@@H]3O[C@H]1C[C@H](N)[C@H](O)[C@H](C)O1.O=C(O[C@@H]1Cc2c(O)cc(O)cc2O[C@@H]1c1ccc(O)c(O)c1)c1cc(O)c(O)c(O)c1. The van der Waals surface area contributed by atoms with E-state index in [-0.39, 0.29) is 81.4 Å². The van der Waals surface area contributed by atoms with Gasteiger partial charge in [-0.05, 0) is 44.2 Å². The van der Waals surface area contributed by atoms with Crippen molar-refractivity contribution in [3.8, 4) is 63.2 Å².